The van der Waals surface area contributed by atoms with Crippen molar-refractivity contribution in [3.05, 3.63) is 29.5 Å². The summed E-state index contributed by atoms with van der Waals surface area (Å²) in [7, 11) is 1.84. The minimum Gasteiger partial charge on any atom is -0.323 e. The summed E-state index contributed by atoms with van der Waals surface area (Å²) in [5, 5.41) is 11.9. The van der Waals surface area contributed by atoms with Gasteiger partial charge in [-0.3, -0.25) is 9.59 Å². The summed E-state index contributed by atoms with van der Waals surface area (Å²) in [6.45, 7) is 0.0341. The number of nitrogens with zero attached hydrogens (tertiary/aromatic N) is 4. The molecule has 1 N–H and O–H groups in total. The van der Waals surface area contributed by atoms with Crippen molar-refractivity contribution in [3.8, 4) is 0 Å². The van der Waals surface area contributed by atoms with Crippen LogP contribution in [-0.4, -0.2) is 49.7 Å². The van der Waals surface area contributed by atoms with Gasteiger partial charge in [-0.1, -0.05) is 11.6 Å². The number of aryl methyl sites for hydroxylation is 1. The van der Waals surface area contributed by atoms with Crippen LogP contribution in [0.4, 0.5) is 5.69 Å². The summed E-state index contributed by atoms with van der Waals surface area (Å²) in [4.78, 5) is 26.2. The van der Waals surface area contributed by atoms with Crippen molar-refractivity contribution >= 4 is 52.6 Å². The number of hydrogen-bond donors (Lipinski definition) is 1. The van der Waals surface area contributed by atoms with Crippen molar-refractivity contribution < 1.29 is 9.59 Å². The summed E-state index contributed by atoms with van der Waals surface area (Å²) in [5.74, 6) is 0.697. The molecule has 2 heterocycles. The molecule has 0 bridgehead atoms. The molecule has 0 atom stereocenters. The highest BCUT2D eigenvalue weighted by Crippen LogP contribution is 2.34. The molecule has 0 aliphatic carbocycles. The first-order chi connectivity index (χ1) is 11.5. The quantitative estimate of drug-likeness (QED) is 0.851. The Bertz CT molecular complexity index is 782. The van der Waals surface area contributed by atoms with Crippen molar-refractivity contribution in [1.29, 1.82) is 0 Å². The van der Waals surface area contributed by atoms with Crippen molar-refractivity contribution in [2.45, 2.75) is 10.1 Å². The number of carbonyl (C=O) groups is 2. The Hall–Kier alpha value is -1.71. The minimum absolute atomic E-state index is 0.0186. The molecule has 0 saturated carbocycles. The lowest BCUT2D eigenvalue weighted by molar-refractivity contribution is -0.130. The molecular formula is C14H14ClN5O2S2. The van der Waals surface area contributed by atoms with Crippen molar-refractivity contribution in [2.24, 2.45) is 7.05 Å². The van der Waals surface area contributed by atoms with E-state index in [9.17, 15) is 9.59 Å². The number of aromatic nitrogens is 3. The molecule has 1 aliphatic heterocycles. The van der Waals surface area contributed by atoms with Crippen LogP contribution in [0.15, 0.2) is 34.6 Å². The minimum atomic E-state index is -0.257. The highest BCUT2D eigenvalue weighted by molar-refractivity contribution is 8.00. The zero-order valence-electron chi connectivity index (χ0n) is 12.7. The molecule has 24 heavy (non-hydrogen) atoms. The number of benzene rings is 1. The molecule has 10 heteroatoms. The third kappa shape index (κ3) is 4.03. The Kier molecular flexibility index (Phi) is 5.32. The Morgan fingerprint density at radius 2 is 2.33 bits per heavy atom. The van der Waals surface area contributed by atoms with Crippen LogP contribution in [0.1, 0.15) is 0 Å². The van der Waals surface area contributed by atoms with Gasteiger partial charge in [-0.05, 0) is 30.0 Å². The monoisotopic (exact) mass is 383 g/mol. The molecule has 1 aromatic heterocycles. The predicted octanol–water partition coefficient (Wildman–Crippen LogP) is 2.09. The van der Waals surface area contributed by atoms with Gasteiger partial charge in [0.2, 0.25) is 11.8 Å². The SMILES string of the molecule is Cn1cnnc1Sc1ccc(Cl)cc1NC(=O)CN1CSCC1=O. The average Bonchev–Trinajstić information content (AvgIpc) is 3.11. The summed E-state index contributed by atoms with van der Waals surface area (Å²) in [5.41, 5.74) is 0.583. The number of anilines is 1. The maximum Gasteiger partial charge on any atom is 0.244 e. The summed E-state index contributed by atoms with van der Waals surface area (Å²) < 4.78 is 1.78. The molecule has 2 aromatic rings. The second-order valence-electron chi connectivity index (χ2n) is 5.08. The molecule has 3 rings (SSSR count). The number of thioether (sulfide) groups is 1. The van der Waals surface area contributed by atoms with Gasteiger partial charge in [-0.25, -0.2) is 0 Å². The van der Waals surface area contributed by atoms with E-state index in [1.165, 1.54) is 28.4 Å². The summed E-state index contributed by atoms with van der Waals surface area (Å²) >= 11 is 8.92. The van der Waals surface area contributed by atoms with Crippen LogP contribution in [0.3, 0.4) is 0 Å². The largest absolute Gasteiger partial charge is 0.323 e. The molecule has 1 aliphatic rings. The first-order valence-corrected chi connectivity index (χ1v) is 9.34. The number of nitrogens with one attached hydrogen (secondary N) is 1. The Morgan fingerprint density at radius 1 is 1.50 bits per heavy atom. The lowest BCUT2D eigenvalue weighted by Crippen LogP contribution is -2.34. The van der Waals surface area contributed by atoms with E-state index in [1.54, 1.807) is 23.0 Å². The fraction of sp³-hybridized carbons (Fsp3) is 0.286. The van der Waals surface area contributed by atoms with Crippen molar-refractivity contribution in [3.63, 3.8) is 0 Å². The van der Waals surface area contributed by atoms with Gasteiger partial charge in [0.1, 0.15) is 12.9 Å². The number of rotatable bonds is 5. The number of amides is 2. The first kappa shape index (κ1) is 17.1. The van der Waals surface area contributed by atoms with Gasteiger partial charge in [0.15, 0.2) is 5.16 Å². The van der Waals surface area contributed by atoms with Gasteiger partial charge in [0.25, 0.3) is 0 Å². The van der Waals surface area contributed by atoms with Crippen LogP contribution in [0.25, 0.3) is 0 Å². The molecule has 2 amide bonds. The molecule has 126 valence electrons. The standard InChI is InChI=1S/C14H14ClN5O2S2/c1-19-7-16-18-14(19)24-11-3-2-9(15)4-10(11)17-12(21)5-20-8-23-6-13(20)22/h2-4,7H,5-6,8H2,1H3,(H,17,21). The smallest absolute Gasteiger partial charge is 0.244 e. The van der Waals surface area contributed by atoms with E-state index >= 15 is 0 Å². The van der Waals surface area contributed by atoms with Gasteiger partial charge in [0.05, 0.1) is 17.3 Å². The van der Waals surface area contributed by atoms with E-state index in [1.807, 2.05) is 13.1 Å². The Labute approximate surface area is 152 Å². The summed E-state index contributed by atoms with van der Waals surface area (Å²) in [6, 6.07) is 5.24. The van der Waals surface area contributed by atoms with Gasteiger partial charge in [-0.15, -0.1) is 22.0 Å². The first-order valence-electron chi connectivity index (χ1n) is 6.99. The van der Waals surface area contributed by atoms with Crippen molar-refractivity contribution in [1.82, 2.24) is 19.7 Å². The normalized spacial score (nSPS) is 14.2. The molecule has 1 saturated heterocycles. The molecule has 0 unspecified atom stereocenters. The predicted molar refractivity (Wildman–Crippen MR) is 94.2 cm³/mol. The lowest BCUT2D eigenvalue weighted by atomic mass is 10.3. The van der Waals surface area contributed by atoms with Crippen LogP contribution in [-0.2, 0) is 16.6 Å². The topological polar surface area (TPSA) is 80.1 Å². The number of hydrogen-bond acceptors (Lipinski definition) is 6. The van der Waals surface area contributed by atoms with Crippen LogP contribution in [0.2, 0.25) is 5.02 Å². The third-order valence-electron chi connectivity index (χ3n) is 3.25. The third-order valence-corrected chi connectivity index (χ3v) is 5.56. The van der Waals surface area contributed by atoms with E-state index in [-0.39, 0.29) is 18.4 Å². The van der Waals surface area contributed by atoms with E-state index in [4.69, 9.17) is 11.6 Å². The molecule has 7 nitrogen and oxygen atoms in total. The van der Waals surface area contributed by atoms with Crippen LogP contribution >= 0.6 is 35.1 Å². The Morgan fingerprint density at radius 3 is 3.00 bits per heavy atom. The second kappa shape index (κ2) is 7.45. The summed E-state index contributed by atoms with van der Waals surface area (Å²) in [6.07, 6.45) is 1.60. The zero-order valence-corrected chi connectivity index (χ0v) is 15.1. The fourth-order valence-corrected chi connectivity index (χ4v) is 3.96. The fourth-order valence-electron chi connectivity index (χ4n) is 2.06. The number of carbonyl (C=O) groups excluding carboxylic acids is 2. The molecule has 0 spiro atoms. The maximum atomic E-state index is 12.2. The number of halogens is 1. The Balaban J connectivity index is 1.74. The van der Waals surface area contributed by atoms with Crippen LogP contribution < -0.4 is 5.32 Å². The zero-order chi connectivity index (χ0) is 17.1. The highest BCUT2D eigenvalue weighted by Gasteiger charge is 2.23. The van der Waals surface area contributed by atoms with Gasteiger partial charge >= 0.3 is 0 Å². The maximum absolute atomic E-state index is 12.2. The highest BCUT2D eigenvalue weighted by atomic mass is 35.5. The van der Waals surface area contributed by atoms with E-state index in [0.717, 1.165) is 4.90 Å². The van der Waals surface area contributed by atoms with E-state index in [0.29, 0.717) is 27.5 Å². The van der Waals surface area contributed by atoms with Crippen molar-refractivity contribution in [2.75, 3.05) is 23.5 Å². The lowest BCUT2D eigenvalue weighted by Gasteiger charge is -2.15. The van der Waals surface area contributed by atoms with Crippen LogP contribution in [0.5, 0.6) is 0 Å². The van der Waals surface area contributed by atoms with Gasteiger partial charge in [-0.2, -0.15) is 0 Å². The van der Waals surface area contributed by atoms with E-state index < -0.39 is 0 Å². The van der Waals surface area contributed by atoms with E-state index in [2.05, 4.69) is 15.5 Å². The molecule has 1 aromatic carbocycles. The van der Waals surface area contributed by atoms with Gasteiger partial charge < -0.3 is 14.8 Å². The molecule has 0 radical (unpaired) electrons. The molecule has 1 fully saturated rings. The van der Waals surface area contributed by atoms with Gasteiger partial charge in [0, 0.05) is 17.0 Å². The average molecular weight is 384 g/mol. The van der Waals surface area contributed by atoms with Crippen LogP contribution in [0, 0.1) is 0 Å². The molecular weight excluding hydrogens is 370 g/mol. The second-order valence-corrected chi connectivity index (χ2v) is 7.49.